The van der Waals surface area contributed by atoms with Crippen LogP contribution in [0.1, 0.15) is 46.9 Å². The van der Waals surface area contributed by atoms with Crippen LogP contribution >= 0.6 is 11.6 Å². The van der Waals surface area contributed by atoms with E-state index in [1.807, 2.05) is 47.5 Å². The molecule has 2 aromatic heterocycles. The Morgan fingerprint density at radius 1 is 1.19 bits per heavy atom. The minimum Gasteiger partial charge on any atom is -0.330 e. The minimum atomic E-state index is -0.0889. The summed E-state index contributed by atoms with van der Waals surface area (Å²) in [5, 5.41) is 8.90. The maximum atomic E-state index is 13.1. The van der Waals surface area contributed by atoms with Gasteiger partial charge in [0.25, 0.3) is 5.91 Å². The summed E-state index contributed by atoms with van der Waals surface area (Å²) >= 11 is 6.21. The average Bonchev–Trinajstić information content (AvgIpc) is 3.18. The van der Waals surface area contributed by atoms with Gasteiger partial charge in [-0.15, -0.1) is 5.10 Å². The van der Waals surface area contributed by atoms with Crippen LogP contribution in [-0.2, 0) is 6.54 Å². The lowest BCUT2D eigenvalue weighted by Gasteiger charge is -2.35. The molecule has 3 heterocycles. The van der Waals surface area contributed by atoms with Gasteiger partial charge in [-0.3, -0.25) is 9.78 Å². The maximum absolute atomic E-state index is 13.1. The summed E-state index contributed by atoms with van der Waals surface area (Å²) in [6.45, 7) is 1.20. The molecule has 7 heteroatoms. The molecule has 138 valence electrons. The maximum Gasteiger partial charge on any atom is 0.276 e. The lowest BCUT2D eigenvalue weighted by molar-refractivity contribution is 0.0605. The van der Waals surface area contributed by atoms with Crippen LogP contribution in [-0.4, -0.2) is 37.3 Å². The van der Waals surface area contributed by atoms with E-state index in [0.717, 1.165) is 36.9 Å². The molecule has 0 saturated carbocycles. The van der Waals surface area contributed by atoms with Gasteiger partial charge in [0.1, 0.15) is 0 Å². The Bertz CT molecular complexity index is 927. The number of pyridine rings is 1. The fourth-order valence-electron chi connectivity index (χ4n) is 3.52. The molecule has 0 spiro atoms. The predicted octanol–water partition coefficient (Wildman–Crippen LogP) is 3.74. The van der Waals surface area contributed by atoms with E-state index in [0.29, 0.717) is 17.3 Å². The summed E-state index contributed by atoms with van der Waals surface area (Å²) in [4.78, 5) is 19.2. The Kier molecular flexibility index (Phi) is 5.16. The summed E-state index contributed by atoms with van der Waals surface area (Å²) in [7, 11) is 0. The van der Waals surface area contributed by atoms with Crippen LogP contribution in [0.5, 0.6) is 0 Å². The largest absolute Gasteiger partial charge is 0.330 e. The van der Waals surface area contributed by atoms with Crippen LogP contribution in [0.3, 0.4) is 0 Å². The first-order valence-corrected chi connectivity index (χ1v) is 9.44. The van der Waals surface area contributed by atoms with Crippen molar-refractivity contribution in [3.63, 3.8) is 0 Å². The number of amides is 1. The van der Waals surface area contributed by atoms with E-state index in [9.17, 15) is 4.79 Å². The van der Waals surface area contributed by atoms with Crippen molar-refractivity contribution < 1.29 is 4.79 Å². The molecule has 3 aromatic rings. The Morgan fingerprint density at radius 2 is 2.07 bits per heavy atom. The SMILES string of the molecule is O=C(c1cn(Cc2ccccc2Cl)nn1)N1CCCC[C@@H]1c1cccnc1. The molecule has 0 aliphatic carbocycles. The second kappa shape index (κ2) is 7.88. The minimum absolute atomic E-state index is 0.0358. The standard InChI is InChI=1S/C20H20ClN5O/c21-17-8-2-1-6-16(17)13-25-14-18(23-24-25)20(27)26-11-4-3-9-19(26)15-7-5-10-22-12-15/h1-2,5-8,10,12,14,19H,3-4,9,11,13H2/t19-/m1/s1. The van der Waals surface area contributed by atoms with Crippen molar-refractivity contribution in [2.75, 3.05) is 6.54 Å². The molecular formula is C20H20ClN5O. The van der Waals surface area contributed by atoms with Crippen molar-refractivity contribution >= 4 is 17.5 Å². The van der Waals surface area contributed by atoms with Gasteiger partial charge in [-0.1, -0.05) is 41.1 Å². The van der Waals surface area contributed by atoms with E-state index < -0.39 is 0 Å². The average molecular weight is 382 g/mol. The molecule has 1 fully saturated rings. The van der Waals surface area contributed by atoms with E-state index >= 15 is 0 Å². The third kappa shape index (κ3) is 3.85. The molecule has 0 radical (unpaired) electrons. The molecule has 1 amide bonds. The van der Waals surface area contributed by atoms with Crippen LogP contribution < -0.4 is 0 Å². The van der Waals surface area contributed by atoms with Crippen molar-refractivity contribution in [2.24, 2.45) is 0 Å². The first kappa shape index (κ1) is 17.7. The fourth-order valence-corrected chi connectivity index (χ4v) is 3.71. The Hall–Kier alpha value is -2.73. The first-order valence-electron chi connectivity index (χ1n) is 9.07. The molecule has 0 N–H and O–H groups in total. The Labute approximate surface area is 162 Å². The highest BCUT2D eigenvalue weighted by Crippen LogP contribution is 2.31. The van der Waals surface area contributed by atoms with Crippen molar-refractivity contribution in [2.45, 2.75) is 31.8 Å². The predicted molar refractivity (Wildman–Crippen MR) is 102 cm³/mol. The quantitative estimate of drug-likeness (QED) is 0.690. The second-order valence-corrected chi connectivity index (χ2v) is 7.10. The van der Waals surface area contributed by atoms with Crippen molar-refractivity contribution in [3.8, 4) is 0 Å². The number of benzene rings is 1. The molecule has 4 rings (SSSR count). The summed E-state index contributed by atoms with van der Waals surface area (Å²) in [5.74, 6) is -0.0889. The molecule has 6 nitrogen and oxygen atoms in total. The number of likely N-dealkylation sites (tertiary alicyclic amines) is 1. The zero-order valence-corrected chi connectivity index (χ0v) is 15.6. The zero-order valence-electron chi connectivity index (χ0n) is 14.8. The smallest absolute Gasteiger partial charge is 0.276 e. The summed E-state index contributed by atoms with van der Waals surface area (Å²) in [5.41, 5.74) is 2.36. The van der Waals surface area contributed by atoms with Gasteiger partial charge in [-0.25, -0.2) is 4.68 Å². The molecule has 1 aromatic carbocycles. The van der Waals surface area contributed by atoms with E-state index in [-0.39, 0.29) is 11.9 Å². The number of halogens is 1. The monoisotopic (exact) mass is 381 g/mol. The Morgan fingerprint density at radius 3 is 2.89 bits per heavy atom. The van der Waals surface area contributed by atoms with Gasteiger partial charge in [0, 0.05) is 24.0 Å². The van der Waals surface area contributed by atoms with Crippen molar-refractivity contribution in [1.29, 1.82) is 0 Å². The number of rotatable bonds is 4. The van der Waals surface area contributed by atoms with Crippen LogP contribution in [0.2, 0.25) is 5.02 Å². The van der Waals surface area contributed by atoms with E-state index in [1.54, 1.807) is 17.1 Å². The van der Waals surface area contributed by atoms with Gasteiger partial charge < -0.3 is 4.90 Å². The van der Waals surface area contributed by atoms with Crippen LogP contribution in [0.25, 0.3) is 0 Å². The number of nitrogens with zero attached hydrogens (tertiary/aromatic N) is 5. The molecule has 0 unspecified atom stereocenters. The van der Waals surface area contributed by atoms with E-state index in [1.165, 1.54) is 0 Å². The van der Waals surface area contributed by atoms with E-state index in [4.69, 9.17) is 11.6 Å². The van der Waals surface area contributed by atoms with Gasteiger partial charge >= 0.3 is 0 Å². The molecule has 1 saturated heterocycles. The highest BCUT2D eigenvalue weighted by atomic mass is 35.5. The highest BCUT2D eigenvalue weighted by molar-refractivity contribution is 6.31. The molecule has 0 bridgehead atoms. The van der Waals surface area contributed by atoms with Gasteiger partial charge in [0.2, 0.25) is 0 Å². The number of carbonyl (C=O) groups excluding carboxylic acids is 1. The second-order valence-electron chi connectivity index (χ2n) is 6.69. The third-order valence-corrected chi connectivity index (χ3v) is 5.25. The summed E-state index contributed by atoms with van der Waals surface area (Å²) in [6.07, 6.45) is 8.31. The van der Waals surface area contributed by atoms with Gasteiger partial charge in [-0.2, -0.15) is 0 Å². The molecule has 1 atom stereocenters. The lowest BCUT2D eigenvalue weighted by Crippen LogP contribution is -2.38. The van der Waals surface area contributed by atoms with Crippen LogP contribution in [0.15, 0.2) is 55.0 Å². The van der Waals surface area contributed by atoms with Crippen LogP contribution in [0, 0.1) is 0 Å². The van der Waals surface area contributed by atoms with Crippen LogP contribution in [0.4, 0.5) is 0 Å². The third-order valence-electron chi connectivity index (χ3n) is 4.88. The number of hydrogen-bond donors (Lipinski definition) is 0. The fraction of sp³-hybridized carbons (Fsp3) is 0.300. The number of piperidine rings is 1. The molecule has 27 heavy (non-hydrogen) atoms. The lowest BCUT2D eigenvalue weighted by atomic mass is 9.96. The summed E-state index contributed by atoms with van der Waals surface area (Å²) < 4.78 is 1.65. The number of carbonyl (C=O) groups is 1. The topological polar surface area (TPSA) is 63.9 Å². The van der Waals surface area contributed by atoms with Crippen molar-refractivity contribution in [1.82, 2.24) is 24.9 Å². The summed E-state index contributed by atoms with van der Waals surface area (Å²) in [6, 6.07) is 11.6. The van der Waals surface area contributed by atoms with Gasteiger partial charge in [-0.05, 0) is 42.5 Å². The molecule has 1 aliphatic heterocycles. The van der Waals surface area contributed by atoms with E-state index in [2.05, 4.69) is 15.3 Å². The Balaban J connectivity index is 1.53. The number of aromatic nitrogens is 4. The van der Waals surface area contributed by atoms with Crippen molar-refractivity contribution in [3.05, 3.63) is 76.8 Å². The normalized spacial score (nSPS) is 17.1. The zero-order chi connectivity index (χ0) is 18.6. The van der Waals surface area contributed by atoms with Gasteiger partial charge in [0.05, 0.1) is 18.8 Å². The number of hydrogen-bond acceptors (Lipinski definition) is 4. The van der Waals surface area contributed by atoms with Gasteiger partial charge in [0.15, 0.2) is 5.69 Å². The first-order chi connectivity index (χ1) is 13.2. The molecule has 1 aliphatic rings. The highest BCUT2D eigenvalue weighted by Gasteiger charge is 2.30. The molecular weight excluding hydrogens is 362 g/mol.